The molecule has 0 saturated carbocycles. The Morgan fingerprint density at radius 3 is 2.58 bits per heavy atom. The summed E-state index contributed by atoms with van der Waals surface area (Å²) in [5, 5.41) is 0. The molecule has 2 fully saturated rings. The van der Waals surface area contributed by atoms with Crippen LogP contribution in [0.25, 0.3) is 0 Å². The fraction of sp³-hybridized carbons (Fsp3) is 0.929. The van der Waals surface area contributed by atoms with Crippen LogP contribution in [0.3, 0.4) is 0 Å². The fourth-order valence-corrected chi connectivity index (χ4v) is 3.57. The maximum atomic E-state index is 6.04. The molecule has 5 heteroatoms. The first kappa shape index (κ1) is 15.0. The van der Waals surface area contributed by atoms with Crippen molar-refractivity contribution >= 4 is 17.7 Å². The van der Waals surface area contributed by atoms with Crippen LogP contribution in [0.5, 0.6) is 0 Å². The lowest BCUT2D eigenvalue weighted by molar-refractivity contribution is 0.191. The highest BCUT2D eigenvalue weighted by Crippen LogP contribution is 2.15. The second-order valence-corrected chi connectivity index (χ2v) is 6.94. The highest BCUT2D eigenvalue weighted by Gasteiger charge is 2.15. The zero-order valence-electron chi connectivity index (χ0n) is 12.2. The normalized spacial score (nSPS) is 23.8. The predicted octanol–water partition coefficient (Wildman–Crippen LogP) is 1.47. The summed E-state index contributed by atoms with van der Waals surface area (Å²) in [7, 11) is 0. The number of rotatable bonds is 4. The van der Waals surface area contributed by atoms with Crippen LogP contribution in [-0.4, -0.2) is 66.5 Å². The van der Waals surface area contributed by atoms with E-state index in [1.54, 1.807) is 0 Å². The summed E-state index contributed by atoms with van der Waals surface area (Å²) in [4.78, 5) is 9.33. The van der Waals surface area contributed by atoms with E-state index in [0.29, 0.717) is 0 Å². The van der Waals surface area contributed by atoms with Crippen LogP contribution in [0.4, 0.5) is 0 Å². The SMILES string of the molecule is CC1CCN(CCCN=C(N)N2CCSCC2)CC1. The molecule has 4 nitrogen and oxygen atoms in total. The molecule has 0 aromatic carbocycles. The third-order valence-corrected chi connectivity index (χ3v) is 5.06. The summed E-state index contributed by atoms with van der Waals surface area (Å²) in [5.74, 6) is 4.04. The van der Waals surface area contributed by atoms with E-state index in [0.717, 1.165) is 37.9 Å². The van der Waals surface area contributed by atoms with Crippen LogP contribution in [0.1, 0.15) is 26.2 Å². The molecule has 110 valence electrons. The van der Waals surface area contributed by atoms with Gasteiger partial charge in [-0.3, -0.25) is 4.99 Å². The molecule has 2 aliphatic rings. The van der Waals surface area contributed by atoms with Gasteiger partial charge in [0.05, 0.1) is 0 Å². The molecule has 19 heavy (non-hydrogen) atoms. The quantitative estimate of drug-likeness (QED) is 0.482. The zero-order chi connectivity index (χ0) is 13.5. The maximum Gasteiger partial charge on any atom is 0.191 e. The maximum absolute atomic E-state index is 6.04. The van der Waals surface area contributed by atoms with E-state index in [9.17, 15) is 0 Å². The summed E-state index contributed by atoms with van der Waals surface area (Å²) in [6.07, 6.45) is 3.85. The van der Waals surface area contributed by atoms with Crippen molar-refractivity contribution in [3.8, 4) is 0 Å². The summed E-state index contributed by atoms with van der Waals surface area (Å²) >= 11 is 2.00. The topological polar surface area (TPSA) is 44.9 Å². The van der Waals surface area contributed by atoms with Crippen molar-refractivity contribution in [3.05, 3.63) is 0 Å². The number of guanidine groups is 1. The van der Waals surface area contributed by atoms with Gasteiger partial charge < -0.3 is 15.5 Å². The van der Waals surface area contributed by atoms with E-state index in [2.05, 4.69) is 21.7 Å². The number of nitrogens with zero attached hydrogens (tertiary/aromatic N) is 3. The molecule has 0 spiro atoms. The molecule has 2 rings (SSSR count). The van der Waals surface area contributed by atoms with Crippen LogP contribution in [0.15, 0.2) is 4.99 Å². The van der Waals surface area contributed by atoms with Gasteiger partial charge in [0.25, 0.3) is 0 Å². The summed E-state index contributed by atoms with van der Waals surface area (Å²) in [5.41, 5.74) is 6.04. The molecule has 0 bridgehead atoms. The molecule has 0 aliphatic carbocycles. The Balaban J connectivity index is 1.60. The van der Waals surface area contributed by atoms with Gasteiger partial charge in [0, 0.05) is 31.1 Å². The van der Waals surface area contributed by atoms with Gasteiger partial charge in [0.2, 0.25) is 0 Å². The summed E-state index contributed by atoms with van der Waals surface area (Å²) in [6.45, 7) is 9.07. The zero-order valence-corrected chi connectivity index (χ0v) is 13.0. The van der Waals surface area contributed by atoms with Crippen LogP contribution in [0.2, 0.25) is 0 Å². The third-order valence-electron chi connectivity index (χ3n) is 4.12. The van der Waals surface area contributed by atoms with Gasteiger partial charge in [-0.2, -0.15) is 11.8 Å². The van der Waals surface area contributed by atoms with Crippen LogP contribution >= 0.6 is 11.8 Å². The first-order chi connectivity index (χ1) is 9.25. The number of nitrogens with two attached hydrogens (primary N) is 1. The van der Waals surface area contributed by atoms with Crippen molar-refractivity contribution in [3.63, 3.8) is 0 Å². The standard InChI is InChI=1S/C14H28N4S/c1-13-3-7-17(8-4-13)6-2-5-16-14(15)18-9-11-19-12-10-18/h13H,2-12H2,1H3,(H2,15,16). The number of thioether (sulfide) groups is 1. The minimum Gasteiger partial charge on any atom is -0.370 e. The largest absolute Gasteiger partial charge is 0.370 e. The fourth-order valence-electron chi connectivity index (χ4n) is 2.67. The Hall–Kier alpha value is -0.420. The summed E-state index contributed by atoms with van der Waals surface area (Å²) in [6, 6.07) is 0. The minimum absolute atomic E-state index is 0.757. The molecule has 2 aliphatic heterocycles. The molecular weight excluding hydrogens is 256 g/mol. The van der Waals surface area contributed by atoms with Gasteiger partial charge in [-0.15, -0.1) is 0 Å². The lowest BCUT2D eigenvalue weighted by atomic mass is 9.99. The average molecular weight is 284 g/mol. The molecular formula is C14H28N4S. The Morgan fingerprint density at radius 1 is 1.21 bits per heavy atom. The number of aliphatic imine (C=N–C) groups is 1. The monoisotopic (exact) mass is 284 g/mol. The van der Waals surface area contributed by atoms with Crippen molar-refractivity contribution in [2.45, 2.75) is 26.2 Å². The minimum atomic E-state index is 0.757. The van der Waals surface area contributed by atoms with Gasteiger partial charge in [0.1, 0.15) is 0 Å². The third kappa shape index (κ3) is 5.22. The molecule has 0 aromatic heterocycles. The number of likely N-dealkylation sites (tertiary alicyclic amines) is 1. The second-order valence-electron chi connectivity index (χ2n) is 5.72. The second kappa shape index (κ2) is 8.00. The molecule has 0 unspecified atom stereocenters. The Kier molecular flexibility index (Phi) is 6.31. The van der Waals surface area contributed by atoms with E-state index < -0.39 is 0 Å². The number of hydrogen-bond donors (Lipinski definition) is 1. The van der Waals surface area contributed by atoms with Crippen LogP contribution in [0, 0.1) is 5.92 Å². The lowest BCUT2D eigenvalue weighted by Crippen LogP contribution is -2.42. The van der Waals surface area contributed by atoms with Gasteiger partial charge in [-0.1, -0.05) is 6.92 Å². The molecule has 2 N–H and O–H groups in total. The van der Waals surface area contributed by atoms with E-state index in [4.69, 9.17) is 5.73 Å². The molecule has 2 saturated heterocycles. The first-order valence-electron chi connectivity index (χ1n) is 7.60. The predicted molar refractivity (Wildman–Crippen MR) is 84.8 cm³/mol. The average Bonchev–Trinajstić information content (AvgIpc) is 2.46. The molecule has 2 heterocycles. The van der Waals surface area contributed by atoms with Crippen molar-refractivity contribution in [1.82, 2.24) is 9.80 Å². The van der Waals surface area contributed by atoms with Gasteiger partial charge in [-0.05, 0) is 44.8 Å². The number of piperidine rings is 1. The van der Waals surface area contributed by atoms with E-state index in [1.165, 1.54) is 44.0 Å². The highest BCUT2D eigenvalue weighted by atomic mass is 32.2. The van der Waals surface area contributed by atoms with Crippen molar-refractivity contribution < 1.29 is 0 Å². The smallest absolute Gasteiger partial charge is 0.191 e. The molecule has 0 amide bonds. The van der Waals surface area contributed by atoms with Gasteiger partial charge in [-0.25, -0.2) is 0 Å². The lowest BCUT2D eigenvalue weighted by Gasteiger charge is -2.30. The number of hydrogen-bond acceptors (Lipinski definition) is 3. The van der Waals surface area contributed by atoms with E-state index in [1.807, 2.05) is 11.8 Å². The molecule has 0 aromatic rings. The van der Waals surface area contributed by atoms with Crippen LogP contribution < -0.4 is 5.73 Å². The van der Waals surface area contributed by atoms with Crippen molar-refractivity contribution in [2.24, 2.45) is 16.6 Å². The molecule has 0 atom stereocenters. The van der Waals surface area contributed by atoms with Gasteiger partial charge >= 0.3 is 0 Å². The van der Waals surface area contributed by atoms with Gasteiger partial charge in [0.15, 0.2) is 5.96 Å². The Labute approximate surface area is 121 Å². The van der Waals surface area contributed by atoms with Crippen molar-refractivity contribution in [2.75, 3.05) is 50.8 Å². The van der Waals surface area contributed by atoms with E-state index in [-0.39, 0.29) is 0 Å². The van der Waals surface area contributed by atoms with Crippen LogP contribution in [-0.2, 0) is 0 Å². The highest BCUT2D eigenvalue weighted by molar-refractivity contribution is 7.99. The first-order valence-corrected chi connectivity index (χ1v) is 8.76. The van der Waals surface area contributed by atoms with E-state index >= 15 is 0 Å². The Morgan fingerprint density at radius 2 is 1.89 bits per heavy atom. The molecule has 0 radical (unpaired) electrons. The van der Waals surface area contributed by atoms with Crippen molar-refractivity contribution in [1.29, 1.82) is 0 Å². The summed E-state index contributed by atoms with van der Waals surface area (Å²) < 4.78 is 0. The Bertz CT molecular complexity index is 281.